The SMILES string of the molecule is Cc1cc(C(=O)N(C)C(C)(C)CBr)ccc1[N+](=O)[O-]. The first-order chi connectivity index (χ1) is 8.70. The Labute approximate surface area is 120 Å². The molecular weight excluding hydrogens is 312 g/mol. The highest BCUT2D eigenvalue weighted by Gasteiger charge is 2.27. The molecule has 6 heteroatoms. The Morgan fingerprint density at radius 3 is 2.47 bits per heavy atom. The van der Waals surface area contributed by atoms with Crippen LogP contribution in [0.2, 0.25) is 0 Å². The first-order valence-corrected chi connectivity index (χ1v) is 6.92. The number of amides is 1. The predicted octanol–water partition coefficient (Wildman–Crippen LogP) is 3.15. The Bertz CT molecular complexity index is 515. The minimum Gasteiger partial charge on any atom is -0.336 e. The number of halogens is 1. The normalized spacial score (nSPS) is 11.2. The van der Waals surface area contributed by atoms with Crippen molar-refractivity contribution in [3.8, 4) is 0 Å². The lowest BCUT2D eigenvalue weighted by molar-refractivity contribution is -0.385. The van der Waals surface area contributed by atoms with Crippen LogP contribution in [0.1, 0.15) is 29.8 Å². The fourth-order valence-electron chi connectivity index (χ4n) is 1.55. The Hall–Kier alpha value is -1.43. The van der Waals surface area contributed by atoms with E-state index in [4.69, 9.17) is 0 Å². The number of carbonyl (C=O) groups excluding carboxylic acids is 1. The van der Waals surface area contributed by atoms with Crippen LogP contribution in [0.5, 0.6) is 0 Å². The maximum atomic E-state index is 12.3. The summed E-state index contributed by atoms with van der Waals surface area (Å²) >= 11 is 3.37. The predicted molar refractivity (Wildman–Crippen MR) is 77.8 cm³/mol. The molecule has 1 rings (SSSR count). The number of nitro benzene ring substituents is 1. The summed E-state index contributed by atoms with van der Waals surface area (Å²) in [6.07, 6.45) is 0. The third kappa shape index (κ3) is 3.32. The Balaban J connectivity index is 3.08. The van der Waals surface area contributed by atoms with Gasteiger partial charge in [0, 0.05) is 35.1 Å². The van der Waals surface area contributed by atoms with Crippen molar-refractivity contribution in [2.45, 2.75) is 26.3 Å². The van der Waals surface area contributed by atoms with Crippen LogP contribution in [0.15, 0.2) is 18.2 Å². The third-order valence-corrected chi connectivity index (χ3v) is 4.55. The average molecular weight is 329 g/mol. The molecule has 0 bridgehead atoms. The molecule has 0 atom stereocenters. The quantitative estimate of drug-likeness (QED) is 0.484. The summed E-state index contributed by atoms with van der Waals surface area (Å²) < 4.78 is 0. The van der Waals surface area contributed by atoms with Gasteiger partial charge in [0.15, 0.2) is 0 Å². The van der Waals surface area contributed by atoms with Crippen LogP contribution in [-0.4, -0.2) is 33.6 Å². The highest BCUT2D eigenvalue weighted by atomic mass is 79.9. The zero-order valence-electron chi connectivity index (χ0n) is 11.4. The van der Waals surface area contributed by atoms with Crippen molar-refractivity contribution >= 4 is 27.5 Å². The summed E-state index contributed by atoms with van der Waals surface area (Å²) in [7, 11) is 1.72. The van der Waals surface area contributed by atoms with Gasteiger partial charge < -0.3 is 4.90 Å². The number of carbonyl (C=O) groups is 1. The van der Waals surface area contributed by atoms with Crippen molar-refractivity contribution in [3.05, 3.63) is 39.4 Å². The molecule has 5 nitrogen and oxygen atoms in total. The van der Waals surface area contributed by atoms with Gasteiger partial charge in [-0.2, -0.15) is 0 Å². The number of hydrogen-bond donors (Lipinski definition) is 0. The maximum Gasteiger partial charge on any atom is 0.272 e. The zero-order chi connectivity index (χ0) is 14.8. The molecule has 0 heterocycles. The fourth-order valence-corrected chi connectivity index (χ4v) is 1.93. The van der Waals surface area contributed by atoms with Crippen LogP contribution < -0.4 is 0 Å². The van der Waals surface area contributed by atoms with Gasteiger partial charge in [0.2, 0.25) is 0 Å². The molecule has 0 N–H and O–H groups in total. The van der Waals surface area contributed by atoms with Crippen LogP contribution in [-0.2, 0) is 0 Å². The molecule has 0 aromatic heterocycles. The fraction of sp³-hybridized carbons (Fsp3) is 0.462. The highest BCUT2D eigenvalue weighted by Crippen LogP contribution is 2.22. The first kappa shape index (κ1) is 15.6. The van der Waals surface area contributed by atoms with Gasteiger partial charge in [0.1, 0.15) is 0 Å². The molecule has 19 heavy (non-hydrogen) atoms. The lowest BCUT2D eigenvalue weighted by atomic mass is 10.0. The van der Waals surface area contributed by atoms with Gasteiger partial charge in [-0.1, -0.05) is 15.9 Å². The largest absolute Gasteiger partial charge is 0.336 e. The van der Waals surface area contributed by atoms with Crippen molar-refractivity contribution in [2.24, 2.45) is 0 Å². The number of rotatable bonds is 4. The van der Waals surface area contributed by atoms with Crippen LogP contribution in [0, 0.1) is 17.0 Å². The van der Waals surface area contributed by atoms with E-state index < -0.39 is 4.92 Å². The second-order valence-corrected chi connectivity index (χ2v) is 5.63. The number of nitrogens with zero attached hydrogens (tertiary/aromatic N) is 2. The van der Waals surface area contributed by atoms with Gasteiger partial charge in [-0.15, -0.1) is 0 Å². The molecule has 1 aromatic rings. The summed E-state index contributed by atoms with van der Waals surface area (Å²) in [6.45, 7) is 5.51. The monoisotopic (exact) mass is 328 g/mol. The smallest absolute Gasteiger partial charge is 0.272 e. The van der Waals surface area contributed by atoms with Gasteiger partial charge >= 0.3 is 0 Å². The van der Waals surface area contributed by atoms with Crippen LogP contribution in [0.3, 0.4) is 0 Å². The molecule has 0 saturated carbocycles. The molecule has 1 amide bonds. The van der Waals surface area contributed by atoms with Gasteiger partial charge in [-0.3, -0.25) is 14.9 Å². The van der Waals surface area contributed by atoms with Crippen LogP contribution in [0.25, 0.3) is 0 Å². The van der Waals surface area contributed by atoms with E-state index in [1.807, 2.05) is 13.8 Å². The van der Waals surface area contributed by atoms with Crippen LogP contribution >= 0.6 is 15.9 Å². The van der Waals surface area contributed by atoms with Crippen LogP contribution in [0.4, 0.5) is 5.69 Å². The number of alkyl halides is 1. The van der Waals surface area contributed by atoms with E-state index in [1.165, 1.54) is 12.1 Å². The minimum atomic E-state index is -0.449. The molecule has 104 valence electrons. The minimum absolute atomic E-state index is 0.0268. The number of benzene rings is 1. The second-order valence-electron chi connectivity index (χ2n) is 5.07. The molecule has 0 spiro atoms. The number of nitro groups is 1. The van der Waals surface area contributed by atoms with Gasteiger partial charge in [0.05, 0.1) is 4.92 Å². The van der Waals surface area contributed by atoms with Gasteiger partial charge in [-0.05, 0) is 32.9 Å². The average Bonchev–Trinajstić information content (AvgIpc) is 2.36. The molecule has 0 aliphatic carbocycles. The summed E-state index contributed by atoms with van der Waals surface area (Å²) in [4.78, 5) is 24.2. The Morgan fingerprint density at radius 1 is 1.47 bits per heavy atom. The van der Waals surface area contributed by atoms with E-state index in [9.17, 15) is 14.9 Å². The van der Waals surface area contributed by atoms with E-state index in [0.717, 1.165) is 0 Å². The maximum absolute atomic E-state index is 12.3. The lowest BCUT2D eigenvalue weighted by Crippen LogP contribution is -2.46. The molecule has 0 aliphatic rings. The van der Waals surface area contributed by atoms with E-state index in [0.29, 0.717) is 16.5 Å². The van der Waals surface area contributed by atoms with E-state index in [1.54, 1.807) is 24.9 Å². The molecule has 0 saturated heterocycles. The van der Waals surface area contributed by atoms with Crippen molar-refractivity contribution < 1.29 is 9.72 Å². The summed E-state index contributed by atoms with van der Waals surface area (Å²) in [5.41, 5.74) is 0.645. The zero-order valence-corrected chi connectivity index (χ0v) is 13.0. The molecule has 0 fully saturated rings. The summed E-state index contributed by atoms with van der Waals surface area (Å²) in [5.74, 6) is -0.151. The summed E-state index contributed by atoms with van der Waals surface area (Å²) in [6, 6.07) is 4.42. The molecule has 0 aliphatic heterocycles. The van der Waals surface area contributed by atoms with Crippen molar-refractivity contribution in [1.29, 1.82) is 0 Å². The Morgan fingerprint density at radius 2 is 2.05 bits per heavy atom. The van der Waals surface area contributed by atoms with E-state index in [-0.39, 0.29) is 17.1 Å². The Kier molecular flexibility index (Phi) is 4.68. The van der Waals surface area contributed by atoms with E-state index in [2.05, 4.69) is 15.9 Å². The van der Waals surface area contributed by atoms with Crippen molar-refractivity contribution in [3.63, 3.8) is 0 Å². The topological polar surface area (TPSA) is 63.5 Å². The van der Waals surface area contributed by atoms with E-state index >= 15 is 0 Å². The summed E-state index contributed by atoms with van der Waals surface area (Å²) in [5, 5.41) is 11.4. The van der Waals surface area contributed by atoms with Crippen molar-refractivity contribution in [2.75, 3.05) is 12.4 Å². The number of hydrogen-bond acceptors (Lipinski definition) is 3. The molecular formula is C13H17BrN2O3. The number of aryl methyl sites for hydroxylation is 1. The van der Waals surface area contributed by atoms with Gasteiger partial charge in [-0.25, -0.2) is 0 Å². The molecule has 1 aromatic carbocycles. The van der Waals surface area contributed by atoms with Crippen molar-refractivity contribution in [1.82, 2.24) is 4.90 Å². The lowest BCUT2D eigenvalue weighted by Gasteiger charge is -2.34. The molecule has 0 radical (unpaired) electrons. The second kappa shape index (κ2) is 5.69. The highest BCUT2D eigenvalue weighted by molar-refractivity contribution is 9.09. The molecule has 0 unspecified atom stereocenters. The first-order valence-electron chi connectivity index (χ1n) is 5.80. The van der Waals surface area contributed by atoms with Gasteiger partial charge in [0.25, 0.3) is 11.6 Å². The third-order valence-electron chi connectivity index (χ3n) is 3.18. The standard InChI is InChI=1S/C13H17BrN2O3/c1-9-7-10(5-6-11(9)16(18)19)12(17)15(4)13(2,3)8-14/h5-7H,8H2,1-4H3.